The summed E-state index contributed by atoms with van der Waals surface area (Å²) < 4.78 is 6.60. The van der Waals surface area contributed by atoms with Crippen molar-refractivity contribution in [3.8, 4) is 0 Å². The van der Waals surface area contributed by atoms with Gasteiger partial charge in [0.05, 0.1) is 24.9 Å². The molecule has 0 aromatic carbocycles. The van der Waals surface area contributed by atoms with Gasteiger partial charge in [-0.1, -0.05) is 32.1 Å². The molecule has 0 unspecified atom stereocenters. The van der Waals surface area contributed by atoms with Gasteiger partial charge in [0, 0.05) is 37.7 Å². The molecule has 2 atom stereocenters. The maximum atomic E-state index is 12.9. The summed E-state index contributed by atoms with van der Waals surface area (Å²) in [5.74, 6) is -0.716. The standard InChI is InChI=1S/C18H25N5O3S/c1-18(2,3)14-13(16(25)26-5)27-17(21-14)22-15(24)12-8-19-7-11(12)10-6-20-23(4)9-10/h6,9,11-12,19H,7-8H2,1-5H3,(H,21,22,24)/t11-,12+/m1/s1. The molecule has 0 radical (unpaired) electrons. The topological polar surface area (TPSA) is 98.1 Å². The van der Waals surface area contributed by atoms with Gasteiger partial charge < -0.3 is 15.4 Å². The van der Waals surface area contributed by atoms with Crippen LogP contribution in [0.1, 0.15) is 47.6 Å². The van der Waals surface area contributed by atoms with E-state index in [-0.39, 0.29) is 23.2 Å². The van der Waals surface area contributed by atoms with Crippen LogP contribution in [0.4, 0.5) is 5.13 Å². The molecular weight excluding hydrogens is 366 g/mol. The number of ether oxygens (including phenoxy) is 1. The number of hydrogen-bond donors (Lipinski definition) is 2. The lowest BCUT2D eigenvalue weighted by molar-refractivity contribution is -0.119. The predicted molar refractivity (Wildman–Crippen MR) is 103 cm³/mol. The zero-order valence-corrected chi connectivity index (χ0v) is 17.0. The second kappa shape index (κ2) is 7.40. The third-order valence-corrected chi connectivity index (χ3v) is 5.59. The van der Waals surface area contributed by atoms with Crippen molar-refractivity contribution in [2.75, 3.05) is 25.5 Å². The van der Waals surface area contributed by atoms with E-state index in [4.69, 9.17) is 4.74 Å². The van der Waals surface area contributed by atoms with Gasteiger partial charge in [0.1, 0.15) is 4.88 Å². The molecule has 0 saturated carbocycles. The van der Waals surface area contributed by atoms with Crippen LogP contribution in [0.15, 0.2) is 12.4 Å². The highest BCUT2D eigenvalue weighted by Gasteiger charge is 2.36. The number of methoxy groups -OCH3 is 1. The summed E-state index contributed by atoms with van der Waals surface area (Å²) in [5.41, 5.74) is 1.33. The molecule has 2 N–H and O–H groups in total. The highest BCUT2D eigenvalue weighted by molar-refractivity contribution is 7.17. The molecule has 0 bridgehead atoms. The van der Waals surface area contributed by atoms with E-state index in [1.807, 2.05) is 34.0 Å². The summed E-state index contributed by atoms with van der Waals surface area (Å²) in [5, 5.41) is 10.8. The summed E-state index contributed by atoms with van der Waals surface area (Å²) in [6.45, 7) is 7.23. The van der Waals surface area contributed by atoms with Crippen LogP contribution in [0.25, 0.3) is 0 Å². The van der Waals surface area contributed by atoms with Gasteiger partial charge in [-0.2, -0.15) is 5.10 Å². The fourth-order valence-corrected chi connectivity index (χ4v) is 4.34. The molecule has 2 aromatic rings. The van der Waals surface area contributed by atoms with E-state index in [1.165, 1.54) is 7.11 Å². The van der Waals surface area contributed by atoms with Gasteiger partial charge in [0.25, 0.3) is 0 Å². The maximum absolute atomic E-state index is 12.9. The molecule has 1 amide bonds. The molecule has 3 rings (SSSR count). The highest BCUT2D eigenvalue weighted by Crippen LogP contribution is 2.34. The van der Waals surface area contributed by atoms with Crippen LogP contribution in [0.5, 0.6) is 0 Å². The van der Waals surface area contributed by atoms with E-state index in [1.54, 1.807) is 10.9 Å². The van der Waals surface area contributed by atoms with Crippen LogP contribution in [-0.2, 0) is 22.0 Å². The van der Waals surface area contributed by atoms with E-state index in [9.17, 15) is 9.59 Å². The van der Waals surface area contributed by atoms with E-state index in [0.29, 0.717) is 22.2 Å². The first kappa shape index (κ1) is 19.5. The van der Waals surface area contributed by atoms with E-state index in [0.717, 1.165) is 23.4 Å². The third-order valence-electron chi connectivity index (χ3n) is 4.64. The zero-order chi connectivity index (χ0) is 19.8. The number of amides is 1. The number of rotatable bonds is 4. The van der Waals surface area contributed by atoms with Gasteiger partial charge in [0.15, 0.2) is 5.13 Å². The van der Waals surface area contributed by atoms with Crippen molar-refractivity contribution >= 4 is 28.3 Å². The number of esters is 1. The Bertz CT molecular complexity index is 852. The normalized spacial score (nSPS) is 19.9. The average Bonchev–Trinajstić information content (AvgIpc) is 3.31. The number of carbonyl (C=O) groups is 2. The molecule has 1 fully saturated rings. The van der Waals surface area contributed by atoms with Crippen molar-refractivity contribution in [2.24, 2.45) is 13.0 Å². The van der Waals surface area contributed by atoms with E-state index in [2.05, 4.69) is 20.7 Å². The van der Waals surface area contributed by atoms with Crippen molar-refractivity contribution in [3.05, 3.63) is 28.5 Å². The Morgan fingerprint density at radius 3 is 2.70 bits per heavy atom. The molecular formula is C18H25N5O3S. The van der Waals surface area contributed by atoms with Crippen molar-refractivity contribution in [3.63, 3.8) is 0 Å². The Morgan fingerprint density at radius 2 is 2.11 bits per heavy atom. The molecule has 1 saturated heterocycles. The summed E-state index contributed by atoms with van der Waals surface area (Å²) in [6, 6.07) is 0. The van der Waals surface area contributed by atoms with Crippen molar-refractivity contribution in [1.29, 1.82) is 0 Å². The fourth-order valence-electron chi connectivity index (χ4n) is 3.25. The second-order valence-electron chi connectivity index (χ2n) is 7.75. The number of aryl methyl sites for hydroxylation is 1. The van der Waals surface area contributed by atoms with Crippen LogP contribution >= 0.6 is 11.3 Å². The van der Waals surface area contributed by atoms with Crippen molar-refractivity contribution in [2.45, 2.75) is 32.1 Å². The Kier molecular flexibility index (Phi) is 5.34. The molecule has 8 nitrogen and oxygen atoms in total. The largest absolute Gasteiger partial charge is 0.465 e. The summed E-state index contributed by atoms with van der Waals surface area (Å²) in [4.78, 5) is 29.9. The summed E-state index contributed by atoms with van der Waals surface area (Å²) in [6.07, 6.45) is 3.74. The van der Waals surface area contributed by atoms with Gasteiger partial charge in [-0.15, -0.1) is 0 Å². The zero-order valence-electron chi connectivity index (χ0n) is 16.2. The summed E-state index contributed by atoms with van der Waals surface area (Å²) in [7, 11) is 3.20. The van der Waals surface area contributed by atoms with Crippen LogP contribution < -0.4 is 10.6 Å². The number of thiazole rings is 1. The van der Waals surface area contributed by atoms with Gasteiger partial charge in [-0.25, -0.2) is 9.78 Å². The first-order valence-electron chi connectivity index (χ1n) is 8.80. The molecule has 0 aliphatic carbocycles. The molecule has 3 heterocycles. The lowest BCUT2D eigenvalue weighted by Gasteiger charge is -2.17. The lowest BCUT2D eigenvalue weighted by atomic mass is 9.90. The third kappa shape index (κ3) is 4.03. The number of nitrogens with zero attached hydrogens (tertiary/aromatic N) is 3. The molecule has 2 aromatic heterocycles. The number of hydrogen-bond acceptors (Lipinski definition) is 7. The molecule has 1 aliphatic rings. The minimum absolute atomic E-state index is 0.0563. The van der Waals surface area contributed by atoms with E-state index >= 15 is 0 Å². The first-order valence-corrected chi connectivity index (χ1v) is 9.62. The summed E-state index contributed by atoms with van der Waals surface area (Å²) >= 11 is 1.15. The molecule has 0 spiro atoms. The smallest absolute Gasteiger partial charge is 0.350 e. The number of carbonyl (C=O) groups excluding carboxylic acids is 2. The Hall–Kier alpha value is -2.26. The van der Waals surface area contributed by atoms with Gasteiger partial charge in [0.2, 0.25) is 5.91 Å². The quantitative estimate of drug-likeness (QED) is 0.773. The van der Waals surface area contributed by atoms with Crippen LogP contribution in [-0.4, -0.2) is 46.8 Å². The number of anilines is 1. The number of nitrogens with one attached hydrogen (secondary N) is 2. The lowest BCUT2D eigenvalue weighted by Crippen LogP contribution is -2.28. The maximum Gasteiger partial charge on any atom is 0.350 e. The van der Waals surface area contributed by atoms with Crippen LogP contribution in [0.2, 0.25) is 0 Å². The SMILES string of the molecule is COC(=O)c1sc(NC(=O)[C@H]2CNC[C@@H]2c2cnn(C)c2)nc1C(C)(C)C. The molecule has 27 heavy (non-hydrogen) atoms. The van der Waals surface area contributed by atoms with Crippen LogP contribution in [0, 0.1) is 5.92 Å². The van der Waals surface area contributed by atoms with Gasteiger partial charge >= 0.3 is 5.97 Å². The monoisotopic (exact) mass is 391 g/mol. The Labute approximate surface area is 162 Å². The number of aromatic nitrogens is 3. The highest BCUT2D eigenvalue weighted by atomic mass is 32.1. The van der Waals surface area contributed by atoms with Crippen LogP contribution in [0.3, 0.4) is 0 Å². The molecule has 146 valence electrons. The fraction of sp³-hybridized carbons (Fsp3) is 0.556. The van der Waals surface area contributed by atoms with Crippen molar-refractivity contribution < 1.29 is 14.3 Å². The predicted octanol–water partition coefficient (Wildman–Crippen LogP) is 1.90. The Balaban J connectivity index is 1.81. The van der Waals surface area contributed by atoms with Crippen molar-refractivity contribution in [1.82, 2.24) is 20.1 Å². The first-order chi connectivity index (χ1) is 12.7. The van der Waals surface area contributed by atoms with E-state index < -0.39 is 5.97 Å². The second-order valence-corrected chi connectivity index (χ2v) is 8.75. The van der Waals surface area contributed by atoms with Gasteiger partial charge in [-0.3, -0.25) is 9.48 Å². The Morgan fingerprint density at radius 1 is 1.37 bits per heavy atom. The average molecular weight is 391 g/mol. The minimum atomic E-state index is -0.436. The molecule has 9 heteroatoms. The molecule has 1 aliphatic heterocycles. The van der Waals surface area contributed by atoms with Gasteiger partial charge in [-0.05, 0) is 5.56 Å². The minimum Gasteiger partial charge on any atom is -0.465 e.